The highest BCUT2D eigenvalue weighted by Crippen LogP contribution is 2.21. The highest BCUT2D eigenvalue weighted by atomic mass is 35.5. The van der Waals surface area contributed by atoms with Crippen molar-refractivity contribution in [1.29, 1.82) is 0 Å². The maximum Gasteiger partial charge on any atom is 0.238 e. The Morgan fingerprint density at radius 1 is 1.37 bits per heavy atom. The van der Waals surface area contributed by atoms with E-state index in [4.69, 9.17) is 16.3 Å². The summed E-state index contributed by atoms with van der Waals surface area (Å²) in [6, 6.07) is 7.22. The molecule has 0 spiro atoms. The Morgan fingerprint density at radius 3 is 2.74 bits per heavy atom. The van der Waals surface area contributed by atoms with Crippen molar-refractivity contribution in [1.82, 2.24) is 5.32 Å². The highest BCUT2D eigenvalue weighted by Gasteiger charge is 2.27. The largest absolute Gasteiger partial charge is 0.381 e. The van der Waals surface area contributed by atoms with Crippen molar-refractivity contribution in [2.75, 3.05) is 25.1 Å². The molecular formula is C14H19ClN2O2. The first-order chi connectivity index (χ1) is 9.09. The molecule has 0 saturated carbocycles. The van der Waals surface area contributed by atoms with Gasteiger partial charge in [-0.3, -0.25) is 4.79 Å². The van der Waals surface area contributed by atoms with E-state index in [-0.39, 0.29) is 18.0 Å². The molecule has 1 aliphatic rings. The zero-order chi connectivity index (χ0) is 13.7. The van der Waals surface area contributed by atoms with Crippen LogP contribution in [0.15, 0.2) is 24.3 Å². The summed E-state index contributed by atoms with van der Waals surface area (Å²) in [5.74, 6) is -0.0826. The number of carbonyl (C=O) groups excluding carboxylic acids is 1. The minimum atomic E-state index is -0.0826. The maximum absolute atomic E-state index is 11.9. The molecule has 1 aliphatic heterocycles. The number of rotatable bonds is 4. The fraction of sp³-hybridized carbons (Fsp3) is 0.500. The van der Waals surface area contributed by atoms with Gasteiger partial charge in [-0.25, -0.2) is 0 Å². The van der Waals surface area contributed by atoms with Gasteiger partial charge < -0.3 is 15.4 Å². The van der Waals surface area contributed by atoms with Crippen molar-refractivity contribution in [2.24, 2.45) is 0 Å². The van der Waals surface area contributed by atoms with Crippen molar-refractivity contribution in [3.8, 4) is 0 Å². The van der Waals surface area contributed by atoms with Crippen LogP contribution in [0.1, 0.15) is 19.8 Å². The van der Waals surface area contributed by atoms with Crippen molar-refractivity contribution in [3.63, 3.8) is 0 Å². The minimum absolute atomic E-state index is 0.0178. The SMILES string of the molecule is CC1(NCC(=O)Nc2ccccc2Cl)CCOCC1. The zero-order valence-electron chi connectivity index (χ0n) is 11.0. The average Bonchev–Trinajstić information content (AvgIpc) is 2.40. The van der Waals surface area contributed by atoms with Gasteiger partial charge in [0.05, 0.1) is 17.3 Å². The number of para-hydroxylation sites is 1. The van der Waals surface area contributed by atoms with Crippen LogP contribution in [0, 0.1) is 0 Å². The second-order valence-electron chi connectivity index (χ2n) is 5.05. The molecule has 5 heteroatoms. The lowest BCUT2D eigenvalue weighted by Crippen LogP contribution is -2.49. The summed E-state index contributed by atoms with van der Waals surface area (Å²) >= 11 is 5.99. The maximum atomic E-state index is 11.9. The Morgan fingerprint density at radius 2 is 2.05 bits per heavy atom. The molecule has 1 fully saturated rings. The third kappa shape index (κ3) is 4.20. The topological polar surface area (TPSA) is 50.4 Å². The van der Waals surface area contributed by atoms with E-state index in [2.05, 4.69) is 17.6 Å². The second kappa shape index (κ2) is 6.37. The molecule has 0 aliphatic carbocycles. The van der Waals surface area contributed by atoms with Crippen LogP contribution in [0.4, 0.5) is 5.69 Å². The summed E-state index contributed by atoms with van der Waals surface area (Å²) in [6.45, 7) is 3.89. The molecule has 2 rings (SSSR count). The van der Waals surface area contributed by atoms with Gasteiger partial charge in [-0.05, 0) is 31.9 Å². The zero-order valence-corrected chi connectivity index (χ0v) is 11.8. The van der Waals surface area contributed by atoms with Gasteiger partial charge in [0.2, 0.25) is 5.91 Å². The number of hydrogen-bond donors (Lipinski definition) is 2. The van der Waals surface area contributed by atoms with Gasteiger partial charge in [-0.1, -0.05) is 23.7 Å². The molecule has 1 heterocycles. The molecule has 0 radical (unpaired) electrons. The summed E-state index contributed by atoms with van der Waals surface area (Å²) in [5, 5.41) is 6.65. The lowest BCUT2D eigenvalue weighted by atomic mass is 9.92. The van der Waals surface area contributed by atoms with Gasteiger partial charge in [-0.15, -0.1) is 0 Å². The standard InChI is InChI=1S/C14H19ClN2O2/c1-14(6-8-19-9-7-14)16-10-13(18)17-12-5-3-2-4-11(12)15/h2-5,16H,6-10H2,1H3,(H,17,18). The molecular weight excluding hydrogens is 264 g/mol. The first-order valence-electron chi connectivity index (χ1n) is 6.46. The molecule has 4 nitrogen and oxygen atoms in total. The number of ether oxygens (including phenoxy) is 1. The van der Waals surface area contributed by atoms with E-state index in [1.807, 2.05) is 12.1 Å². The van der Waals surface area contributed by atoms with Crippen LogP contribution in [0.25, 0.3) is 0 Å². The van der Waals surface area contributed by atoms with E-state index in [1.54, 1.807) is 12.1 Å². The molecule has 0 bridgehead atoms. The second-order valence-corrected chi connectivity index (χ2v) is 5.46. The Bertz CT molecular complexity index is 445. The summed E-state index contributed by atoms with van der Waals surface area (Å²) in [6.07, 6.45) is 1.85. The van der Waals surface area contributed by atoms with Gasteiger partial charge in [0.1, 0.15) is 0 Å². The Hall–Kier alpha value is -1.10. The molecule has 1 amide bonds. The Labute approximate surface area is 118 Å². The van der Waals surface area contributed by atoms with Gasteiger partial charge >= 0.3 is 0 Å². The van der Waals surface area contributed by atoms with Crippen LogP contribution in [-0.2, 0) is 9.53 Å². The highest BCUT2D eigenvalue weighted by molar-refractivity contribution is 6.33. The minimum Gasteiger partial charge on any atom is -0.381 e. The van der Waals surface area contributed by atoms with Crippen molar-refractivity contribution in [3.05, 3.63) is 29.3 Å². The quantitative estimate of drug-likeness (QED) is 0.892. The van der Waals surface area contributed by atoms with E-state index in [9.17, 15) is 4.79 Å². The smallest absolute Gasteiger partial charge is 0.238 e. The van der Waals surface area contributed by atoms with Crippen LogP contribution >= 0.6 is 11.6 Å². The van der Waals surface area contributed by atoms with Gasteiger partial charge in [0, 0.05) is 18.8 Å². The van der Waals surface area contributed by atoms with E-state index in [0.29, 0.717) is 10.7 Å². The van der Waals surface area contributed by atoms with Gasteiger partial charge in [0.15, 0.2) is 0 Å². The van der Waals surface area contributed by atoms with E-state index < -0.39 is 0 Å². The van der Waals surface area contributed by atoms with Crippen LogP contribution in [0.2, 0.25) is 5.02 Å². The predicted octanol–water partition coefficient (Wildman–Crippen LogP) is 2.44. The molecule has 0 unspecified atom stereocenters. The monoisotopic (exact) mass is 282 g/mol. The fourth-order valence-electron chi connectivity index (χ4n) is 2.05. The average molecular weight is 283 g/mol. The van der Waals surface area contributed by atoms with Crippen LogP contribution in [0.5, 0.6) is 0 Å². The molecule has 1 saturated heterocycles. The number of nitrogens with one attached hydrogen (secondary N) is 2. The lowest BCUT2D eigenvalue weighted by molar-refractivity contribution is -0.116. The molecule has 104 valence electrons. The number of amides is 1. The molecule has 1 aromatic rings. The molecule has 0 aromatic heterocycles. The first-order valence-corrected chi connectivity index (χ1v) is 6.84. The first kappa shape index (κ1) is 14.3. The number of halogens is 1. The molecule has 1 aromatic carbocycles. The number of carbonyl (C=O) groups is 1. The summed E-state index contributed by atoms with van der Waals surface area (Å²) in [4.78, 5) is 11.9. The molecule has 0 atom stereocenters. The summed E-state index contributed by atoms with van der Waals surface area (Å²) in [7, 11) is 0. The van der Waals surface area contributed by atoms with Gasteiger partial charge in [0.25, 0.3) is 0 Å². The Balaban J connectivity index is 1.83. The van der Waals surface area contributed by atoms with E-state index in [1.165, 1.54) is 0 Å². The van der Waals surface area contributed by atoms with Crippen molar-refractivity contribution >= 4 is 23.2 Å². The molecule has 2 N–H and O–H groups in total. The predicted molar refractivity (Wildman–Crippen MR) is 76.5 cm³/mol. The number of benzene rings is 1. The lowest BCUT2D eigenvalue weighted by Gasteiger charge is -2.34. The molecule has 19 heavy (non-hydrogen) atoms. The van der Waals surface area contributed by atoms with Crippen LogP contribution in [-0.4, -0.2) is 31.2 Å². The number of anilines is 1. The summed E-state index contributed by atoms with van der Waals surface area (Å²) in [5.41, 5.74) is 0.629. The van der Waals surface area contributed by atoms with Crippen molar-refractivity contribution < 1.29 is 9.53 Å². The van der Waals surface area contributed by atoms with Crippen LogP contribution in [0.3, 0.4) is 0 Å². The normalized spacial score (nSPS) is 18.0. The van der Waals surface area contributed by atoms with Crippen LogP contribution < -0.4 is 10.6 Å². The summed E-state index contributed by atoms with van der Waals surface area (Å²) < 4.78 is 5.33. The number of hydrogen-bond acceptors (Lipinski definition) is 3. The van der Waals surface area contributed by atoms with E-state index in [0.717, 1.165) is 26.1 Å². The Kier molecular flexibility index (Phi) is 4.80. The third-order valence-corrected chi connectivity index (χ3v) is 3.75. The van der Waals surface area contributed by atoms with Gasteiger partial charge in [-0.2, -0.15) is 0 Å². The van der Waals surface area contributed by atoms with E-state index >= 15 is 0 Å². The fourth-order valence-corrected chi connectivity index (χ4v) is 2.23. The van der Waals surface area contributed by atoms with Crippen molar-refractivity contribution in [2.45, 2.75) is 25.3 Å². The third-order valence-electron chi connectivity index (χ3n) is 3.42.